The van der Waals surface area contributed by atoms with Crippen LogP contribution in [0.4, 0.5) is 11.4 Å². The summed E-state index contributed by atoms with van der Waals surface area (Å²) in [5.74, 6) is 0.765. The van der Waals surface area contributed by atoms with Crippen molar-refractivity contribution in [1.29, 1.82) is 0 Å². The van der Waals surface area contributed by atoms with E-state index in [-0.39, 0.29) is 11.6 Å². The van der Waals surface area contributed by atoms with Crippen LogP contribution in [0.1, 0.15) is 48.8 Å². The first-order valence-corrected chi connectivity index (χ1v) is 10.8. The Balaban J connectivity index is 1.56. The van der Waals surface area contributed by atoms with E-state index in [2.05, 4.69) is 21.7 Å². The molecule has 1 N–H and O–H groups in total. The second kappa shape index (κ2) is 9.26. The second-order valence-corrected chi connectivity index (χ2v) is 7.98. The molecule has 1 fully saturated rings. The summed E-state index contributed by atoms with van der Waals surface area (Å²) in [6.07, 6.45) is 4.70. The Morgan fingerprint density at radius 3 is 2.58 bits per heavy atom. The molecule has 1 aliphatic rings. The first kappa shape index (κ1) is 21.0. The van der Waals surface area contributed by atoms with Crippen LogP contribution >= 0.6 is 0 Å². The molecule has 1 aromatic heterocycles. The van der Waals surface area contributed by atoms with Gasteiger partial charge in [0, 0.05) is 29.9 Å². The van der Waals surface area contributed by atoms with Gasteiger partial charge in [-0.3, -0.25) is 19.8 Å². The average Bonchev–Trinajstić information content (AvgIpc) is 3.39. The Bertz CT molecular complexity index is 1080. The van der Waals surface area contributed by atoms with Gasteiger partial charge in [-0.05, 0) is 62.7 Å². The zero-order valence-corrected chi connectivity index (χ0v) is 17.7. The van der Waals surface area contributed by atoms with Crippen molar-refractivity contribution in [2.24, 2.45) is 0 Å². The van der Waals surface area contributed by atoms with E-state index in [9.17, 15) is 14.9 Å². The number of carbonyl (C=O) groups is 1. The van der Waals surface area contributed by atoms with Crippen LogP contribution in [0.2, 0.25) is 0 Å². The van der Waals surface area contributed by atoms with Crippen molar-refractivity contribution in [3.8, 4) is 0 Å². The van der Waals surface area contributed by atoms with Crippen molar-refractivity contribution >= 4 is 28.3 Å². The average molecular weight is 422 g/mol. The number of rotatable bonds is 8. The lowest BCUT2D eigenvalue weighted by atomic mass is 10.2. The highest BCUT2D eigenvalue weighted by atomic mass is 16.6. The fourth-order valence-corrected chi connectivity index (χ4v) is 4.02. The number of anilines is 1. The number of carbonyl (C=O) groups excluding carboxylic acids is 1. The number of aryl methyl sites for hydroxylation is 1. The number of nitrogens with zero attached hydrogens (tertiary/aromatic N) is 4. The maximum atomic E-state index is 12.6. The monoisotopic (exact) mass is 421 g/mol. The van der Waals surface area contributed by atoms with Crippen molar-refractivity contribution in [3.05, 3.63) is 64.0 Å². The van der Waals surface area contributed by atoms with E-state index in [1.165, 1.54) is 37.1 Å². The number of likely N-dealkylation sites (tertiary alicyclic amines) is 1. The molecule has 1 amide bonds. The van der Waals surface area contributed by atoms with Gasteiger partial charge in [0.2, 0.25) is 0 Å². The van der Waals surface area contributed by atoms with E-state index < -0.39 is 4.92 Å². The molecule has 1 aliphatic heterocycles. The van der Waals surface area contributed by atoms with Crippen LogP contribution in [-0.2, 0) is 13.1 Å². The topological polar surface area (TPSA) is 93.3 Å². The number of imidazole rings is 1. The number of nitro benzene ring substituents is 1. The summed E-state index contributed by atoms with van der Waals surface area (Å²) in [6, 6.07) is 11.4. The molecule has 0 spiro atoms. The largest absolute Gasteiger partial charge is 0.327 e. The summed E-state index contributed by atoms with van der Waals surface area (Å²) >= 11 is 0. The molecular weight excluding hydrogens is 394 g/mol. The third-order valence-corrected chi connectivity index (χ3v) is 5.72. The van der Waals surface area contributed by atoms with E-state index in [4.69, 9.17) is 4.98 Å². The highest BCUT2D eigenvalue weighted by Crippen LogP contribution is 2.24. The number of fused-ring (bicyclic) bond motifs is 1. The first-order valence-electron chi connectivity index (χ1n) is 10.8. The summed E-state index contributed by atoms with van der Waals surface area (Å²) < 4.78 is 2.30. The van der Waals surface area contributed by atoms with Crippen molar-refractivity contribution in [3.63, 3.8) is 0 Å². The first-order chi connectivity index (χ1) is 15.0. The summed E-state index contributed by atoms with van der Waals surface area (Å²) in [5, 5.41) is 13.7. The van der Waals surface area contributed by atoms with Crippen molar-refractivity contribution in [2.75, 3.05) is 18.4 Å². The van der Waals surface area contributed by atoms with Crippen LogP contribution in [0.3, 0.4) is 0 Å². The molecule has 0 unspecified atom stereocenters. The van der Waals surface area contributed by atoms with Gasteiger partial charge < -0.3 is 9.88 Å². The minimum Gasteiger partial charge on any atom is -0.327 e. The van der Waals surface area contributed by atoms with Gasteiger partial charge >= 0.3 is 0 Å². The number of benzene rings is 2. The molecule has 0 bridgehead atoms. The van der Waals surface area contributed by atoms with Gasteiger partial charge in [-0.1, -0.05) is 13.3 Å². The number of amides is 1. The maximum Gasteiger partial charge on any atom is 0.269 e. The van der Waals surface area contributed by atoms with Gasteiger partial charge in [0.05, 0.1) is 22.5 Å². The molecule has 4 rings (SSSR count). The summed E-state index contributed by atoms with van der Waals surface area (Å²) in [4.78, 5) is 30.2. The SMILES string of the molecule is CCCCn1c(CN2CCCC2)nc2cc(NC(=O)c3ccc([N+](=O)[O-])cc3)ccc21. The smallest absolute Gasteiger partial charge is 0.269 e. The number of nitrogens with one attached hydrogen (secondary N) is 1. The molecule has 1 saturated heterocycles. The Labute approximate surface area is 181 Å². The van der Waals surface area contributed by atoms with Gasteiger partial charge in [-0.2, -0.15) is 0 Å². The van der Waals surface area contributed by atoms with E-state index in [0.717, 1.165) is 55.9 Å². The van der Waals surface area contributed by atoms with E-state index in [1.54, 1.807) is 0 Å². The zero-order chi connectivity index (χ0) is 21.8. The van der Waals surface area contributed by atoms with Crippen LogP contribution in [0.15, 0.2) is 42.5 Å². The molecule has 8 nitrogen and oxygen atoms in total. The molecular formula is C23H27N5O3. The second-order valence-electron chi connectivity index (χ2n) is 7.98. The lowest BCUT2D eigenvalue weighted by molar-refractivity contribution is -0.384. The Kier molecular flexibility index (Phi) is 6.27. The summed E-state index contributed by atoms with van der Waals surface area (Å²) in [6.45, 7) is 6.21. The molecule has 8 heteroatoms. The number of aromatic nitrogens is 2. The van der Waals surface area contributed by atoms with E-state index in [1.807, 2.05) is 18.2 Å². The molecule has 2 aromatic carbocycles. The number of nitro groups is 1. The molecule has 0 atom stereocenters. The van der Waals surface area contributed by atoms with Gasteiger partial charge in [0.25, 0.3) is 11.6 Å². The Hall–Kier alpha value is -3.26. The molecule has 0 saturated carbocycles. The molecule has 0 aliphatic carbocycles. The number of unbranched alkanes of at least 4 members (excludes halogenated alkanes) is 1. The number of hydrogen-bond acceptors (Lipinski definition) is 5. The van der Waals surface area contributed by atoms with Gasteiger partial charge in [0.1, 0.15) is 5.82 Å². The highest BCUT2D eigenvalue weighted by molar-refractivity contribution is 6.05. The van der Waals surface area contributed by atoms with Crippen LogP contribution in [-0.4, -0.2) is 38.4 Å². The minimum atomic E-state index is -0.482. The van der Waals surface area contributed by atoms with Crippen molar-refractivity contribution < 1.29 is 9.72 Å². The predicted molar refractivity (Wildman–Crippen MR) is 120 cm³/mol. The lowest BCUT2D eigenvalue weighted by Gasteiger charge is -2.15. The van der Waals surface area contributed by atoms with Crippen LogP contribution in [0.25, 0.3) is 11.0 Å². The standard InChI is InChI=1S/C23H27N5O3/c1-2-3-14-27-21-11-8-18(15-20(21)25-22(27)16-26-12-4-5-13-26)24-23(29)17-6-9-19(10-7-17)28(30)31/h6-11,15H,2-5,12-14,16H2,1H3,(H,24,29). The molecule has 162 valence electrons. The van der Waals surface area contributed by atoms with Crippen LogP contribution < -0.4 is 5.32 Å². The number of non-ortho nitro benzene ring substituents is 1. The Morgan fingerprint density at radius 2 is 1.90 bits per heavy atom. The molecule has 2 heterocycles. The quantitative estimate of drug-likeness (QED) is 0.424. The molecule has 31 heavy (non-hydrogen) atoms. The maximum absolute atomic E-state index is 12.6. The highest BCUT2D eigenvalue weighted by Gasteiger charge is 2.18. The van der Waals surface area contributed by atoms with Gasteiger partial charge in [-0.15, -0.1) is 0 Å². The summed E-state index contributed by atoms with van der Waals surface area (Å²) in [5.41, 5.74) is 2.93. The van der Waals surface area contributed by atoms with Crippen LogP contribution in [0.5, 0.6) is 0 Å². The van der Waals surface area contributed by atoms with E-state index >= 15 is 0 Å². The minimum absolute atomic E-state index is 0.0406. The normalized spacial score (nSPS) is 14.2. The Morgan fingerprint density at radius 1 is 1.16 bits per heavy atom. The third kappa shape index (κ3) is 4.74. The van der Waals surface area contributed by atoms with Crippen molar-refractivity contribution in [1.82, 2.24) is 14.5 Å². The summed E-state index contributed by atoms with van der Waals surface area (Å²) in [7, 11) is 0. The fraction of sp³-hybridized carbons (Fsp3) is 0.391. The lowest BCUT2D eigenvalue weighted by Crippen LogP contribution is -2.21. The van der Waals surface area contributed by atoms with Crippen molar-refractivity contribution in [2.45, 2.75) is 45.7 Å². The fourth-order valence-electron chi connectivity index (χ4n) is 4.02. The van der Waals surface area contributed by atoms with E-state index in [0.29, 0.717) is 11.3 Å². The zero-order valence-electron chi connectivity index (χ0n) is 17.7. The predicted octanol–water partition coefficient (Wildman–Crippen LogP) is 4.59. The van der Waals surface area contributed by atoms with Gasteiger partial charge in [-0.25, -0.2) is 4.98 Å². The molecule has 3 aromatic rings. The van der Waals surface area contributed by atoms with Crippen LogP contribution in [0, 0.1) is 10.1 Å². The molecule has 0 radical (unpaired) electrons. The third-order valence-electron chi connectivity index (χ3n) is 5.72. The van der Waals surface area contributed by atoms with Gasteiger partial charge in [0.15, 0.2) is 0 Å². The number of hydrogen-bond donors (Lipinski definition) is 1.